The van der Waals surface area contributed by atoms with E-state index in [1.807, 2.05) is 4.90 Å². The molecule has 4 unspecified atom stereocenters. The molecule has 0 saturated carbocycles. The molecule has 0 aromatic heterocycles. The molecule has 10 heteroatoms. The van der Waals surface area contributed by atoms with Gasteiger partial charge in [-0.05, 0) is 0 Å². The Bertz CT molecular complexity index is 870. The van der Waals surface area contributed by atoms with Gasteiger partial charge in [0.1, 0.15) is 0 Å². The molecule has 0 bridgehead atoms. The zero-order valence-electron chi connectivity index (χ0n) is 11.2. The zero-order chi connectivity index (χ0) is 14.4. The quantitative estimate of drug-likeness (QED) is 0.452. The van der Waals surface area contributed by atoms with Crippen molar-refractivity contribution in [3.05, 3.63) is 23.0 Å². The highest BCUT2D eigenvalue weighted by atomic mass is 17.1. The highest BCUT2D eigenvalue weighted by Gasteiger charge is 3.18. The smallest absolute Gasteiger partial charge is 0.298 e. The lowest BCUT2D eigenvalue weighted by Gasteiger charge is -2.29. The van der Waals surface area contributed by atoms with E-state index in [1.165, 1.54) is 0 Å². The number of fused-ring (bicyclic) bond motifs is 4. The maximum atomic E-state index is 6.10. The molecule has 4 atom stereocenters. The van der Waals surface area contributed by atoms with Crippen molar-refractivity contribution >= 4 is 0 Å². The number of hydrogen-bond donors (Lipinski definition) is 1. The van der Waals surface area contributed by atoms with Gasteiger partial charge < -0.3 is 24.7 Å². The lowest BCUT2D eigenvalue weighted by molar-refractivity contribution is -0.206. The largest absolute Gasteiger partial charge is 0.473 e. The fraction of sp³-hybridized carbons (Fsp3) is 0.692. The van der Waals surface area contributed by atoms with E-state index in [4.69, 9.17) is 43.6 Å². The van der Waals surface area contributed by atoms with Gasteiger partial charge in [-0.3, -0.25) is 18.9 Å². The van der Waals surface area contributed by atoms with Crippen LogP contribution in [-0.4, -0.2) is 58.4 Å². The molecule has 8 aliphatic heterocycles. The Labute approximate surface area is 126 Å². The lowest BCUT2D eigenvalue weighted by atomic mass is 9.95. The maximum absolute atomic E-state index is 6.10. The predicted molar refractivity (Wildman–Crippen MR) is 57.6 cm³/mol. The van der Waals surface area contributed by atoms with Gasteiger partial charge in [-0.1, -0.05) is 0 Å². The van der Waals surface area contributed by atoms with Crippen LogP contribution in [0.5, 0.6) is 0 Å². The van der Waals surface area contributed by atoms with E-state index in [-0.39, 0.29) is 18.9 Å². The van der Waals surface area contributed by atoms with E-state index in [1.54, 1.807) is 0 Å². The summed E-state index contributed by atoms with van der Waals surface area (Å²) >= 11 is 0. The molecule has 2 aliphatic carbocycles. The van der Waals surface area contributed by atoms with Crippen molar-refractivity contribution in [1.82, 2.24) is 4.90 Å². The first-order valence-electron chi connectivity index (χ1n) is 7.66. The van der Waals surface area contributed by atoms with Gasteiger partial charge >= 0.3 is 0 Å². The summed E-state index contributed by atoms with van der Waals surface area (Å²) in [7, 11) is 0. The Morgan fingerprint density at radius 1 is 0.826 bits per heavy atom. The summed E-state index contributed by atoms with van der Waals surface area (Å²) in [5, 5.41) is 0. The molecule has 8 fully saturated rings. The first kappa shape index (κ1) is 9.67. The second kappa shape index (κ2) is 1.86. The van der Waals surface area contributed by atoms with Crippen molar-refractivity contribution in [1.29, 1.82) is 0 Å². The van der Waals surface area contributed by atoms with Crippen LogP contribution in [0.2, 0.25) is 0 Å². The molecule has 8 saturated heterocycles. The number of nitrogens with two attached hydrogens (primary N) is 1. The third-order valence-electron chi connectivity index (χ3n) is 6.79. The van der Waals surface area contributed by atoms with Gasteiger partial charge in [0.25, 0.3) is 34.6 Å². The Kier molecular flexibility index (Phi) is 0.782. The van der Waals surface area contributed by atoms with E-state index < -0.39 is 34.6 Å². The minimum Gasteiger partial charge on any atom is -0.473 e. The normalized spacial score (nSPS) is 74.5. The summed E-state index contributed by atoms with van der Waals surface area (Å²) in [4.78, 5) is 1.88. The molecule has 23 heavy (non-hydrogen) atoms. The van der Waals surface area contributed by atoms with Crippen LogP contribution in [0.15, 0.2) is 23.0 Å². The standard InChI is InChI=1S/C13H6N2O8/c14-1-15(8-4(18-8)2-6(16-2)10-12(8,20-10)21-10)9-5(19-9)3-7(17-3)11-13(9,22-11)23-11/h6-7H,1,14H2. The van der Waals surface area contributed by atoms with Gasteiger partial charge in [-0.25, -0.2) is 0 Å². The van der Waals surface area contributed by atoms with Crippen LogP contribution in [-0.2, 0) is 37.9 Å². The maximum Gasteiger partial charge on any atom is 0.298 e. The van der Waals surface area contributed by atoms with Gasteiger partial charge in [0.05, 0.1) is 6.67 Å². The molecule has 2 N–H and O–H groups in total. The first-order valence-corrected chi connectivity index (χ1v) is 7.66. The molecule has 10 rings (SSSR count). The van der Waals surface area contributed by atoms with E-state index >= 15 is 0 Å². The van der Waals surface area contributed by atoms with Crippen molar-refractivity contribution in [2.24, 2.45) is 5.73 Å². The molecule has 0 radical (unpaired) electrons. The van der Waals surface area contributed by atoms with Crippen LogP contribution < -0.4 is 5.73 Å². The summed E-state index contributed by atoms with van der Waals surface area (Å²) in [6.45, 7) is 0.151. The summed E-state index contributed by atoms with van der Waals surface area (Å²) in [6, 6.07) is 0. The van der Waals surface area contributed by atoms with E-state index in [9.17, 15) is 0 Å². The highest BCUT2D eigenvalue weighted by molar-refractivity contribution is 5.62. The number of rotatable bonds is 3. The molecular formula is C13H6N2O8. The second-order valence-electron chi connectivity index (χ2n) is 7.46. The van der Waals surface area contributed by atoms with Gasteiger partial charge in [0.15, 0.2) is 11.5 Å². The third-order valence-corrected chi connectivity index (χ3v) is 6.79. The van der Waals surface area contributed by atoms with Gasteiger partial charge in [0, 0.05) is 0 Å². The fourth-order valence-electron chi connectivity index (χ4n) is 5.41. The first-order chi connectivity index (χ1) is 11.2. The highest BCUT2D eigenvalue weighted by Crippen LogP contribution is 2.92. The molecule has 0 amide bonds. The fourth-order valence-corrected chi connectivity index (χ4v) is 5.41. The topological polar surface area (TPSA) is 130 Å². The minimum atomic E-state index is -0.924. The van der Waals surface area contributed by atoms with Crippen molar-refractivity contribution in [2.45, 2.75) is 46.8 Å². The molecule has 0 spiro atoms. The molecular weight excluding hydrogens is 312 g/mol. The molecule has 116 valence electrons. The van der Waals surface area contributed by atoms with E-state index in [2.05, 4.69) is 0 Å². The summed E-state index contributed by atoms with van der Waals surface area (Å²) < 4.78 is 46.4. The number of hydrogen-bond acceptors (Lipinski definition) is 10. The Hall–Kier alpha value is -1.56. The average Bonchev–Trinajstić information content (AvgIpc) is 3.21. The van der Waals surface area contributed by atoms with Gasteiger partial charge in [-0.15, -0.1) is 0 Å². The molecule has 10 nitrogen and oxygen atoms in total. The average molecular weight is 318 g/mol. The van der Waals surface area contributed by atoms with Crippen LogP contribution >= 0.6 is 0 Å². The van der Waals surface area contributed by atoms with Crippen LogP contribution in [0.1, 0.15) is 0 Å². The van der Waals surface area contributed by atoms with Crippen LogP contribution in [0.4, 0.5) is 0 Å². The van der Waals surface area contributed by atoms with Gasteiger partial charge in [-0.2, -0.15) is 4.90 Å². The molecule has 0 aromatic carbocycles. The van der Waals surface area contributed by atoms with Crippen LogP contribution in [0.3, 0.4) is 0 Å². The molecule has 10 aliphatic rings. The monoisotopic (exact) mass is 318 g/mol. The summed E-state index contributed by atoms with van der Waals surface area (Å²) in [6.07, 6.45) is -0.283. The van der Waals surface area contributed by atoms with Crippen molar-refractivity contribution in [2.75, 3.05) is 6.67 Å². The lowest BCUT2D eigenvalue weighted by Crippen LogP contribution is -2.59. The van der Waals surface area contributed by atoms with E-state index in [0.29, 0.717) is 0 Å². The number of nitrogens with zero attached hydrogens (tertiary/aromatic N) is 1. The number of epoxide rings is 8. The Balaban J connectivity index is 1.25. The van der Waals surface area contributed by atoms with E-state index in [0.717, 1.165) is 23.0 Å². The predicted octanol–water partition coefficient (Wildman–Crippen LogP) is -2.19. The van der Waals surface area contributed by atoms with Crippen molar-refractivity contribution in [3.8, 4) is 0 Å². The Morgan fingerprint density at radius 2 is 1.30 bits per heavy atom. The van der Waals surface area contributed by atoms with Crippen molar-refractivity contribution < 1.29 is 37.9 Å². The summed E-state index contributed by atoms with van der Waals surface area (Å²) in [5.74, 6) is -0.0929. The minimum absolute atomic E-state index is 0.141. The Morgan fingerprint density at radius 3 is 1.74 bits per heavy atom. The molecule has 0 aromatic rings. The van der Waals surface area contributed by atoms with Crippen LogP contribution in [0, 0.1) is 0 Å². The molecule has 8 heterocycles. The number of ether oxygens (including phenoxy) is 8. The van der Waals surface area contributed by atoms with Crippen molar-refractivity contribution in [3.63, 3.8) is 0 Å². The third kappa shape index (κ3) is 0.531. The summed E-state index contributed by atoms with van der Waals surface area (Å²) in [5.41, 5.74) is 4.26. The SMILES string of the molecule is NCN(C12OC1=C1OC1C13OC12O3)C12OC1=C1OC1C13OC12O3. The van der Waals surface area contributed by atoms with Crippen LogP contribution in [0.25, 0.3) is 0 Å². The zero-order valence-corrected chi connectivity index (χ0v) is 11.2. The van der Waals surface area contributed by atoms with Gasteiger partial charge in [0.2, 0.25) is 23.7 Å². The second-order valence-corrected chi connectivity index (χ2v) is 7.46.